The van der Waals surface area contributed by atoms with Crippen molar-refractivity contribution in [1.29, 1.82) is 0 Å². The highest BCUT2D eigenvalue weighted by Crippen LogP contribution is 2.17. The van der Waals surface area contributed by atoms with Crippen LogP contribution in [0.25, 0.3) is 0 Å². The minimum atomic E-state index is -0.637. The van der Waals surface area contributed by atoms with Crippen molar-refractivity contribution in [3.05, 3.63) is 46.7 Å². The third kappa shape index (κ3) is 4.57. The second-order valence-electron chi connectivity index (χ2n) is 6.07. The Morgan fingerprint density at radius 1 is 1.35 bits per heavy atom. The lowest BCUT2D eigenvalue weighted by atomic mass is 9.99. The first-order valence-electron chi connectivity index (χ1n) is 8.63. The quantitative estimate of drug-likeness (QED) is 0.638. The Kier molecular flexibility index (Phi) is 6.68. The Morgan fingerprint density at radius 2 is 2.08 bits per heavy atom. The van der Waals surface area contributed by atoms with Gasteiger partial charge in [0, 0.05) is 11.6 Å². The molecular formula is C18H24F2N3O3+. The summed E-state index contributed by atoms with van der Waals surface area (Å²) in [5.74, 6) is -1.76. The summed E-state index contributed by atoms with van der Waals surface area (Å²) < 4.78 is 32.1. The number of rotatable bonds is 7. The Morgan fingerprint density at radius 3 is 2.69 bits per heavy atom. The molecule has 0 saturated carbocycles. The molecule has 0 bridgehead atoms. The molecule has 1 aromatic rings. The van der Waals surface area contributed by atoms with E-state index in [1.807, 2.05) is 6.92 Å². The van der Waals surface area contributed by atoms with Gasteiger partial charge in [0.05, 0.1) is 23.9 Å². The van der Waals surface area contributed by atoms with Gasteiger partial charge >= 0.3 is 12.0 Å². The van der Waals surface area contributed by atoms with Gasteiger partial charge < -0.3 is 20.7 Å². The average molecular weight is 368 g/mol. The second-order valence-corrected chi connectivity index (χ2v) is 6.07. The van der Waals surface area contributed by atoms with Crippen molar-refractivity contribution in [1.82, 2.24) is 10.6 Å². The number of amides is 2. The predicted octanol–water partition coefficient (Wildman–Crippen LogP) is 1.50. The minimum Gasteiger partial charge on any atom is -0.463 e. The predicted molar refractivity (Wildman–Crippen MR) is 91.0 cm³/mol. The van der Waals surface area contributed by atoms with E-state index in [9.17, 15) is 18.4 Å². The maximum Gasteiger partial charge on any atom is 0.338 e. The van der Waals surface area contributed by atoms with Gasteiger partial charge in [0.1, 0.15) is 24.2 Å². The minimum absolute atomic E-state index is 0.223. The van der Waals surface area contributed by atoms with Crippen LogP contribution in [0, 0.1) is 11.6 Å². The molecule has 2 atom stereocenters. The van der Waals surface area contributed by atoms with Gasteiger partial charge in [-0.3, -0.25) is 0 Å². The van der Waals surface area contributed by atoms with E-state index in [2.05, 4.69) is 10.6 Å². The molecule has 0 radical (unpaired) electrons. The number of nitrogens with two attached hydrogens (primary N) is 1. The Labute approximate surface area is 151 Å². The molecule has 2 rings (SSSR count). The molecule has 1 aliphatic rings. The smallest absolute Gasteiger partial charge is 0.338 e. The second kappa shape index (κ2) is 8.75. The van der Waals surface area contributed by atoms with Gasteiger partial charge in [-0.25, -0.2) is 18.4 Å². The molecule has 142 valence electrons. The lowest BCUT2D eigenvalue weighted by Crippen LogP contribution is -2.86. The first-order valence-corrected chi connectivity index (χ1v) is 8.63. The third-order valence-electron chi connectivity index (χ3n) is 4.28. The molecule has 0 saturated heterocycles. The molecule has 0 aromatic heterocycles. The van der Waals surface area contributed by atoms with Crippen LogP contribution in [0.2, 0.25) is 0 Å². The summed E-state index contributed by atoms with van der Waals surface area (Å²) in [5.41, 5.74) is 1.15. The molecule has 0 unspecified atom stereocenters. The fraction of sp³-hybridized carbons (Fsp3) is 0.444. The van der Waals surface area contributed by atoms with E-state index in [0.717, 1.165) is 6.07 Å². The van der Waals surface area contributed by atoms with Crippen LogP contribution in [-0.4, -0.2) is 31.2 Å². The fourth-order valence-corrected chi connectivity index (χ4v) is 2.92. The molecule has 4 N–H and O–H groups in total. The van der Waals surface area contributed by atoms with Gasteiger partial charge in [-0.2, -0.15) is 0 Å². The normalized spacial score (nSPS) is 18.2. The molecule has 26 heavy (non-hydrogen) atoms. The standard InChI is InChI=1S/C18H23F2N3O3/c1-4-14-16(17(24)26-5-2)15(23-18(25)22-14)9-21-10(3)12-7-6-11(19)8-13(12)20/h6-8,10,14,21H,4-5,9H2,1-3H3,(H2,22,23,25)/p+1/t10-,14-/m0/s1. The molecule has 1 heterocycles. The van der Waals surface area contributed by atoms with E-state index in [1.54, 1.807) is 19.2 Å². The average Bonchev–Trinajstić information content (AvgIpc) is 2.59. The lowest BCUT2D eigenvalue weighted by molar-refractivity contribution is -0.686. The number of benzene rings is 1. The maximum atomic E-state index is 13.9. The Balaban J connectivity index is 2.21. The molecular weight excluding hydrogens is 344 g/mol. The van der Waals surface area contributed by atoms with Crippen LogP contribution in [-0.2, 0) is 9.53 Å². The molecule has 0 fully saturated rings. The van der Waals surface area contributed by atoms with Gasteiger partial charge in [-0.1, -0.05) is 6.92 Å². The number of carbonyl (C=O) groups is 2. The SMILES string of the molecule is CCOC(=O)C1=C(C[NH2+][C@@H](C)c2ccc(F)cc2F)NC(=O)N[C@H]1CC. The van der Waals surface area contributed by atoms with Gasteiger partial charge in [0.2, 0.25) is 0 Å². The zero-order valence-corrected chi connectivity index (χ0v) is 15.1. The van der Waals surface area contributed by atoms with E-state index < -0.39 is 29.7 Å². The van der Waals surface area contributed by atoms with Crippen LogP contribution in [0.4, 0.5) is 13.6 Å². The van der Waals surface area contributed by atoms with Crippen molar-refractivity contribution >= 4 is 12.0 Å². The van der Waals surface area contributed by atoms with Crippen molar-refractivity contribution in [2.75, 3.05) is 13.2 Å². The van der Waals surface area contributed by atoms with E-state index in [0.29, 0.717) is 23.3 Å². The van der Waals surface area contributed by atoms with E-state index >= 15 is 0 Å². The van der Waals surface area contributed by atoms with Gasteiger partial charge in [-0.05, 0) is 32.4 Å². The molecule has 0 aliphatic carbocycles. The number of ether oxygens (including phenoxy) is 1. The number of hydrogen-bond acceptors (Lipinski definition) is 3. The molecule has 0 spiro atoms. The van der Waals surface area contributed by atoms with Crippen molar-refractivity contribution in [2.45, 2.75) is 39.3 Å². The number of halogens is 2. The van der Waals surface area contributed by atoms with Crippen molar-refractivity contribution in [2.24, 2.45) is 0 Å². The summed E-state index contributed by atoms with van der Waals surface area (Å²) in [6, 6.07) is 2.26. The molecule has 1 aromatic carbocycles. The van der Waals surface area contributed by atoms with Crippen LogP contribution < -0.4 is 16.0 Å². The van der Waals surface area contributed by atoms with Crippen LogP contribution >= 0.6 is 0 Å². The van der Waals surface area contributed by atoms with Crippen LogP contribution in [0.1, 0.15) is 38.8 Å². The molecule has 2 amide bonds. The monoisotopic (exact) mass is 368 g/mol. The molecule has 6 nitrogen and oxygen atoms in total. The Bertz CT molecular complexity index is 722. The highest BCUT2D eigenvalue weighted by molar-refractivity contribution is 5.94. The molecule has 8 heteroatoms. The van der Waals surface area contributed by atoms with Crippen molar-refractivity contribution in [3.63, 3.8) is 0 Å². The number of quaternary nitrogens is 1. The van der Waals surface area contributed by atoms with Gasteiger partial charge in [0.15, 0.2) is 0 Å². The van der Waals surface area contributed by atoms with Crippen LogP contribution in [0.3, 0.4) is 0 Å². The van der Waals surface area contributed by atoms with E-state index in [1.165, 1.54) is 12.1 Å². The first kappa shape index (κ1) is 19.8. The number of urea groups is 1. The highest BCUT2D eigenvalue weighted by atomic mass is 19.1. The summed E-state index contributed by atoms with van der Waals surface area (Å²) in [7, 11) is 0. The topological polar surface area (TPSA) is 84.0 Å². The third-order valence-corrected chi connectivity index (χ3v) is 4.28. The number of carbonyl (C=O) groups excluding carboxylic acids is 2. The zero-order valence-electron chi connectivity index (χ0n) is 15.1. The van der Waals surface area contributed by atoms with Crippen LogP contribution in [0.5, 0.6) is 0 Å². The summed E-state index contributed by atoms with van der Waals surface area (Å²) >= 11 is 0. The highest BCUT2D eigenvalue weighted by Gasteiger charge is 2.32. The zero-order chi connectivity index (χ0) is 19.3. The largest absolute Gasteiger partial charge is 0.463 e. The van der Waals surface area contributed by atoms with Crippen molar-refractivity contribution in [3.8, 4) is 0 Å². The summed E-state index contributed by atoms with van der Waals surface area (Å²) in [5, 5.41) is 7.11. The van der Waals surface area contributed by atoms with Crippen molar-refractivity contribution < 1.29 is 28.4 Å². The first-order chi connectivity index (χ1) is 12.4. The Hall–Kier alpha value is -2.48. The van der Waals surface area contributed by atoms with Crippen LogP contribution in [0.15, 0.2) is 29.5 Å². The number of nitrogens with one attached hydrogen (secondary N) is 2. The fourth-order valence-electron chi connectivity index (χ4n) is 2.92. The number of esters is 1. The lowest BCUT2D eigenvalue weighted by Gasteiger charge is -2.28. The van der Waals surface area contributed by atoms with Gasteiger partial charge in [-0.15, -0.1) is 0 Å². The van der Waals surface area contributed by atoms with Gasteiger partial charge in [0.25, 0.3) is 0 Å². The maximum absolute atomic E-state index is 13.9. The summed E-state index contributed by atoms with van der Waals surface area (Å²) in [6.45, 7) is 5.80. The number of hydrogen-bond donors (Lipinski definition) is 3. The summed E-state index contributed by atoms with van der Waals surface area (Å²) in [6.07, 6.45) is 0.535. The van der Waals surface area contributed by atoms with E-state index in [-0.39, 0.29) is 19.2 Å². The summed E-state index contributed by atoms with van der Waals surface area (Å²) in [4.78, 5) is 24.2. The molecule has 1 aliphatic heterocycles. The van der Waals surface area contributed by atoms with E-state index in [4.69, 9.17) is 4.74 Å².